The molecular weight excluding hydrogens is 451 g/mol. The molecule has 0 amide bonds. The van der Waals surface area contributed by atoms with Gasteiger partial charge in [0.25, 0.3) is 0 Å². The van der Waals surface area contributed by atoms with Crippen LogP contribution in [0.5, 0.6) is 0 Å². The number of fused-ring (bicyclic) bond motifs is 2. The van der Waals surface area contributed by atoms with Gasteiger partial charge in [-0.25, -0.2) is 0 Å². The molecule has 0 saturated heterocycles. The fraction of sp³-hybridized carbons (Fsp3) is 0.0800. The summed E-state index contributed by atoms with van der Waals surface area (Å²) >= 11 is 0. The summed E-state index contributed by atoms with van der Waals surface area (Å²) in [7, 11) is 2.06. The van der Waals surface area contributed by atoms with Crippen molar-refractivity contribution in [2.45, 2.75) is 6.54 Å². The first-order valence-corrected chi connectivity index (χ1v) is 10.6. The molecular formula is C25H19KN8. The van der Waals surface area contributed by atoms with Crippen molar-refractivity contribution in [1.82, 2.24) is 35.2 Å². The van der Waals surface area contributed by atoms with Gasteiger partial charge in [-0.3, -0.25) is 20.3 Å². The summed E-state index contributed by atoms with van der Waals surface area (Å²) < 4.78 is 2.13. The van der Waals surface area contributed by atoms with E-state index in [2.05, 4.69) is 90.1 Å². The summed E-state index contributed by atoms with van der Waals surface area (Å²) in [5.41, 5.74) is 8.02. The zero-order chi connectivity index (χ0) is 22.2. The van der Waals surface area contributed by atoms with E-state index >= 15 is 0 Å². The maximum atomic E-state index is 4.62. The number of aromatic nitrogens is 7. The normalized spacial score (nSPS) is 11.0. The van der Waals surface area contributed by atoms with Crippen molar-refractivity contribution in [3.8, 4) is 22.5 Å². The van der Waals surface area contributed by atoms with Crippen LogP contribution < -0.4 is 61.8 Å². The van der Waals surface area contributed by atoms with Gasteiger partial charge in [0.1, 0.15) is 0 Å². The predicted molar refractivity (Wildman–Crippen MR) is 127 cm³/mol. The van der Waals surface area contributed by atoms with Gasteiger partial charge in [0.05, 0.1) is 11.0 Å². The van der Waals surface area contributed by atoms with Crippen molar-refractivity contribution in [2.75, 3.05) is 5.32 Å². The Bertz CT molecular complexity index is 1590. The Morgan fingerprint density at radius 1 is 0.941 bits per heavy atom. The molecule has 1 N–H and O–H groups in total. The molecule has 0 spiro atoms. The fourth-order valence-corrected chi connectivity index (χ4v) is 4.11. The van der Waals surface area contributed by atoms with Gasteiger partial charge in [-0.2, -0.15) is 5.21 Å². The Morgan fingerprint density at radius 2 is 1.85 bits per heavy atom. The van der Waals surface area contributed by atoms with Gasteiger partial charge in [0, 0.05) is 54.8 Å². The second-order valence-electron chi connectivity index (χ2n) is 7.90. The first-order valence-electron chi connectivity index (χ1n) is 10.6. The van der Waals surface area contributed by atoms with Gasteiger partial charge in [0.2, 0.25) is 0 Å². The molecule has 9 heteroatoms. The van der Waals surface area contributed by atoms with E-state index < -0.39 is 0 Å². The number of nitrogens with one attached hydrogen (secondary N) is 1. The van der Waals surface area contributed by atoms with Crippen LogP contribution in [0.4, 0.5) is 5.69 Å². The standard InChI is InChI=1S/C25H19N8.K/c1-33-10-7-17-5-6-18(12-23(17)33)21-13-20(14-22-24(21)27-9-8-26-22)28-15-16-3-2-4-19(11-16)25-29-31-32-30-25;/h2-14,28H,15H2,1H3;/q-1;+1. The molecule has 0 atom stereocenters. The zero-order valence-corrected chi connectivity index (χ0v) is 22.0. The maximum Gasteiger partial charge on any atom is 1.00 e. The Balaban J connectivity index is 0.00000241. The zero-order valence-electron chi connectivity index (χ0n) is 18.8. The molecule has 0 aliphatic carbocycles. The second kappa shape index (κ2) is 9.73. The molecule has 3 aromatic heterocycles. The topological polar surface area (TPSA) is 95.5 Å². The van der Waals surface area contributed by atoms with Gasteiger partial charge in [-0.15, -0.1) is 0 Å². The predicted octanol–water partition coefficient (Wildman–Crippen LogP) is 1.21. The molecule has 160 valence electrons. The van der Waals surface area contributed by atoms with E-state index in [1.165, 1.54) is 10.9 Å². The van der Waals surface area contributed by atoms with Gasteiger partial charge < -0.3 is 15.0 Å². The average molecular weight is 471 g/mol. The smallest absolute Gasteiger partial charge is 0.381 e. The van der Waals surface area contributed by atoms with Crippen LogP contribution in [0.1, 0.15) is 5.56 Å². The van der Waals surface area contributed by atoms with Crippen molar-refractivity contribution in [3.05, 3.63) is 84.8 Å². The van der Waals surface area contributed by atoms with Crippen molar-refractivity contribution in [1.29, 1.82) is 0 Å². The van der Waals surface area contributed by atoms with Crippen LogP contribution in [0.3, 0.4) is 0 Å². The molecule has 6 aromatic rings. The molecule has 0 aliphatic rings. The van der Waals surface area contributed by atoms with E-state index in [4.69, 9.17) is 0 Å². The molecule has 0 aliphatic heterocycles. The van der Waals surface area contributed by atoms with Gasteiger partial charge in [-0.1, -0.05) is 30.3 Å². The van der Waals surface area contributed by atoms with Crippen LogP contribution in [0.15, 0.2) is 79.3 Å². The van der Waals surface area contributed by atoms with Gasteiger partial charge in [0.15, 0.2) is 0 Å². The van der Waals surface area contributed by atoms with Crippen molar-refractivity contribution >= 4 is 27.6 Å². The SMILES string of the molecule is Cn1ccc2ccc(-c3cc(NCc4cccc(-c5nnn[n-]5)c4)cc4nccnc34)cc21.[K+]. The average Bonchev–Trinajstić information content (AvgIpc) is 3.53. The largest absolute Gasteiger partial charge is 1.00 e. The van der Waals surface area contributed by atoms with E-state index in [0.29, 0.717) is 12.4 Å². The Labute approximate surface area is 238 Å². The van der Waals surface area contributed by atoms with Crippen molar-refractivity contribution in [2.24, 2.45) is 7.05 Å². The molecule has 8 nitrogen and oxygen atoms in total. The molecule has 0 saturated carbocycles. The Kier molecular flexibility index (Phi) is 6.53. The number of hydrogen-bond donors (Lipinski definition) is 1. The number of tetrazole rings is 1. The van der Waals surface area contributed by atoms with E-state index in [1.54, 1.807) is 12.4 Å². The summed E-state index contributed by atoms with van der Waals surface area (Å²) in [6.45, 7) is 0.636. The number of rotatable bonds is 5. The van der Waals surface area contributed by atoms with Crippen LogP contribution in [-0.4, -0.2) is 30.1 Å². The summed E-state index contributed by atoms with van der Waals surface area (Å²) in [6.07, 6.45) is 5.54. The number of anilines is 1. The molecule has 3 heterocycles. The second-order valence-corrected chi connectivity index (χ2v) is 7.90. The monoisotopic (exact) mass is 470 g/mol. The van der Waals surface area contributed by atoms with Crippen LogP contribution >= 0.6 is 0 Å². The molecule has 3 aromatic carbocycles. The van der Waals surface area contributed by atoms with Crippen LogP contribution in [-0.2, 0) is 13.6 Å². The molecule has 0 fully saturated rings. The summed E-state index contributed by atoms with van der Waals surface area (Å²) in [4.78, 5) is 9.19. The fourth-order valence-electron chi connectivity index (χ4n) is 4.11. The third-order valence-electron chi connectivity index (χ3n) is 5.77. The number of aryl methyl sites for hydroxylation is 1. The van der Waals surface area contributed by atoms with E-state index in [-0.39, 0.29) is 51.4 Å². The minimum atomic E-state index is 0. The summed E-state index contributed by atoms with van der Waals surface area (Å²) in [5.74, 6) is 0.524. The number of benzene rings is 3. The van der Waals surface area contributed by atoms with Crippen molar-refractivity contribution in [3.63, 3.8) is 0 Å². The van der Waals surface area contributed by atoms with Crippen LogP contribution in [0.2, 0.25) is 0 Å². The molecule has 0 unspecified atom stereocenters. The van der Waals surface area contributed by atoms with Gasteiger partial charge >= 0.3 is 51.4 Å². The molecule has 0 bridgehead atoms. The van der Waals surface area contributed by atoms with Crippen LogP contribution in [0.25, 0.3) is 44.5 Å². The minimum absolute atomic E-state index is 0. The van der Waals surface area contributed by atoms with Crippen LogP contribution in [0, 0.1) is 0 Å². The quantitative estimate of drug-likeness (QED) is 0.379. The van der Waals surface area contributed by atoms with E-state index in [1.807, 2.05) is 24.3 Å². The summed E-state index contributed by atoms with van der Waals surface area (Å²) in [6, 6.07) is 20.8. The molecule has 0 radical (unpaired) electrons. The number of hydrogen-bond acceptors (Lipinski definition) is 6. The first-order chi connectivity index (χ1) is 16.2. The van der Waals surface area contributed by atoms with E-state index in [9.17, 15) is 0 Å². The van der Waals surface area contributed by atoms with Gasteiger partial charge in [-0.05, 0) is 52.4 Å². The Morgan fingerprint density at radius 3 is 2.74 bits per heavy atom. The molecule has 34 heavy (non-hydrogen) atoms. The summed E-state index contributed by atoms with van der Waals surface area (Å²) in [5, 5.41) is 19.8. The maximum absolute atomic E-state index is 4.62. The molecule has 6 rings (SSSR count). The van der Waals surface area contributed by atoms with Crippen molar-refractivity contribution < 1.29 is 51.4 Å². The number of nitrogens with zero attached hydrogens (tertiary/aromatic N) is 7. The van der Waals surface area contributed by atoms with E-state index in [0.717, 1.165) is 39.0 Å². The third kappa shape index (κ3) is 4.40. The Hall–Kier alpha value is -2.95. The third-order valence-corrected chi connectivity index (χ3v) is 5.77. The minimum Gasteiger partial charge on any atom is -0.381 e. The first kappa shape index (κ1) is 22.8.